The number of rotatable bonds is 3. The van der Waals surface area contributed by atoms with Crippen molar-refractivity contribution in [2.75, 3.05) is 26.0 Å². The van der Waals surface area contributed by atoms with E-state index in [1.54, 1.807) is 6.92 Å². The van der Waals surface area contributed by atoms with E-state index < -0.39 is 26.6 Å². The Morgan fingerprint density at radius 2 is 2.06 bits per heavy atom. The monoisotopic (exact) mass is 279 g/mol. The van der Waals surface area contributed by atoms with Crippen LogP contribution in [0.1, 0.15) is 20.8 Å². The van der Waals surface area contributed by atoms with Crippen molar-refractivity contribution < 1.29 is 23.1 Å². The van der Waals surface area contributed by atoms with Crippen molar-refractivity contribution >= 4 is 15.7 Å². The van der Waals surface area contributed by atoms with Crippen molar-refractivity contribution in [1.29, 1.82) is 0 Å². The lowest BCUT2D eigenvalue weighted by atomic mass is 10.1. The van der Waals surface area contributed by atoms with Gasteiger partial charge in [-0.25, -0.2) is 8.42 Å². The van der Waals surface area contributed by atoms with Crippen molar-refractivity contribution in [2.24, 2.45) is 0 Å². The number of carbonyl (C=O) groups excluding carboxylic acids is 1. The van der Waals surface area contributed by atoms with E-state index >= 15 is 0 Å². The lowest BCUT2D eigenvalue weighted by Crippen LogP contribution is -2.58. The highest BCUT2D eigenvalue weighted by Gasteiger charge is 2.44. The zero-order valence-electron chi connectivity index (χ0n) is 11.2. The third-order valence-electron chi connectivity index (χ3n) is 3.41. The van der Waals surface area contributed by atoms with Crippen LogP contribution in [0.2, 0.25) is 0 Å². The third-order valence-corrected chi connectivity index (χ3v) is 5.44. The van der Waals surface area contributed by atoms with Crippen LogP contribution in [0.5, 0.6) is 0 Å². The maximum absolute atomic E-state index is 12.3. The van der Waals surface area contributed by atoms with E-state index in [0.717, 1.165) is 6.26 Å². The van der Waals surface area contributed by atoms with Gasteiger partial charge >= 0.3 is 0 Å². The fourth-order valence-electron chi connectivity index (χ4n) is 1.72. The third kappa shape index (κ3) is 2.84. The van der Waals surface area contributed by atoms with Crippen molar-refractivity contribution in [3.63, 3.8) is 0 Å². The molecule has 1 saturated heterocycles. The van der Waals surface area contributed by atoms with E-state index in [9.17, 15) is 13.2 Å². The molecular formula is C11H21NO5S. The first-order chi connectivity index (χ1) is 8.11. The van der Waals surface area contributed by atoms with E-state index in [-0.39, 0.29) is 19.2 Å². The van der Waals surface area contributed by atoms with Gasteiger partial charge in [0.25, 0.3) is 0 Å². The van der Waals surface area contributed by atoms with E-state index in [0.29, 0.717) is 6.61 Å². The Balaban J connectivity index is 2.95. The van der Waals surface area contributed by atoms with E-state index in [2.05, 4.69) is 0 Å². The Morgan fingerprint density at radius 3 is 2.50 bits per heavy atom. The maximum atomic E-state index is 12.3. The van der Waals surface area contributed by atoms with Crippen LogP contribution in [0.4, 0.5) is 0 Å². The lowest BCUT2D eigenvalue weighted by Gasteiger charge is -2.40. The van der Waals surface area contributed by atoms with Gasteiger partial charge in [-0.15, -0.1) is 0 Å². The second-order valence-electron chi connectivity index (χ2n) is 5.23. The van der Waals surface area contributed by atoms with Crippen LogP contribution in [0.3, 0.4) is 0 Å². The molecule has 0 radical (unpaired) electrons. The number of hydrogen-bond donors (Lipinski definition) is 1. The van der Waals surface area contributed by atoms with Gasteiger partial charge in [-0.1, -0.05) is 0 Å². The van der Waals surface area contributed by atoms with Crippen LogP contribution in [-0.4, -0.2) is 67.2 Å². The topological polar surface area (TPSA) is 83.9 Å². The normalized spacial score (nSPS) is 26.2. The summed E-state index contributed by atoms with van der Waals surface area (Å²) in [6.07, 6.45) is 0.611. The number of aliphatic hydroxyl groups is 1. The first kappa shape index (κ1) is 15.4. The fourth-order valence-corrected chi connectivity index (χ4v) is 2.15. The van der Waals surface area contributed by atoms with Crippen LogP contribution in [-0.2, 0) is 19.4 Å². The molecule has 0 aliphatic carbocycles. The zero-order valence-corrected chi connectivity index (χ0v) is 12.0. The molecule has 0 aromatic heterocycles. The summed E-state index contributed by atoms with van der Waals surface area (Å²) in [5.74, 6) is -0.445. The number of aliphatic hydroxyl groups excluding tert-OH is 1. The molecule has 0 aromatic rings. The standard InChI is InChI=1S/C11H21NO5S/c1-8-7-17-9(6-13)5-12(8)10(14)11(2,3)18(4,15)16/h8-9,13H,5-7H2,1-4H3. The average Bonchev–Trinajstić information content (AvgIpc) is 2.27. The van der Waals surface area contributed by atoms with E-state index in [1.165, 1.54) is 18.7 Å². The second kappa shape index (κ2) is 5.14. The minimum atomic E-state index is -3.49. The molecule has 7 heteroatoms. The number of carbonyl (C=O) groups is 1. The number of ether oxygens (including phenoxy) is 1. The quantitative estimate of drug-likeness (QED) is 0.747. The number of morpholine rings is 1. The molecule has 18 heavy (non-hydrogen) atoms. The van der Waals surface area contributed by atoms with Gasteiger partial charge in [0, 0.05) is 12.8 Å². The maximum Gasteiger partial charge on any atom is 0.243 e. The van der Waals surface area contributed by atoms with Crippen LogP contribution in [0.25, 0.3) is 0 Å². The van der Waals surface area contributed by atoms with E-state index in [1.807, 2.05) is 0 Å². The van der Waals surface area contributed by atoms with Gasteiger partial charge < -0.3 is 14.7 Å². The minimum absolute atomic E-state index is 0.185. The molecule has 1 heterocycles. The largest absolute Gasteiger partial charge is 0.394 e. The van der Waals surface area contributed by atoms with Gasteiger partial charge in [-0.3, -0.25) is 4.79 Å². The summed E-state index contributed by atoms with van der Waals surface area (Å²) in [4.78, 5) is 13.8. The van der Waals surface area contributed by atoms with Crippen LogP contribution >= 0.6 is 0 Å². The summed E-state index contributed by atoms with van der Waals surface area (Å²) in [7, 11) is -3.49. The molecule has 0 bridgehead atoms. The van der Waals surface area contributed by atoms with E-state index in [4.69, 9.17) is 9.84 Å². The number of nitrogens with zero attached hydrogens (tertiary/aromatic N) is 1. The molecule has 2 unspecified atom stereocenters. The van der Waals surface area contributed by atoms with Crippen molar-refractivity contribution in [3.8, 4) is 0 Å². The summed E-state index contributed by atoms with van der Waals surface area (Å²) in [6.45, 7) is 4.94. The summed E-state index contributed by atoms with van der Waals surface area (Å²) in [5, 5.41) is 9.06. The van der Waals surface area contributed by atoms with Crippen LogP contribution < -0.4 is 0 Å². The summed E-state index contributed by atoms with van der Waals surface area (Å²) in [6, 6.07) is -0.193. The summed E-state index contributed by atoms with van der Waals surface area (Å²) in [5.41, 5.74) is 0. The molecule has 1 fully saturated rings. The Morgan fingerprint density at radius 1 is 1.50 bits per heavy atom. The van der Waals surface area contributed by atoms with Gasteiger partial charge in [-0.2, -0.15) is 0 Å². The summed E-state index contributed by atoms with van der Waals surface area (Å²) < 4.78 is 27.2. The van der Waals surface area contributed by atoms with Crippen molar-refractivity contribution in [3.05, 3.63) is 0 Å². The molecule has 1 aliphatic heterocycles. The molecule has 2 atom stereocenters. The zero-order chi connectivity index (χ0) is 14.1. The van der Waals surface area contributed by atoms with Gasteiger partial charge in [0.15, 0.2) is 9.84 Å². The molecule has 106 valence electrons. The molecule has 6 nitrogen and oxygen atoms in total. The van der Waals surface area contributed by atoms with Crippen molar-refractivity contribution in [2.45, 2.75) is 37.7 Å². The van der Waals surface area contributed by atoms with Crippen molar-refractivity contribution in [1.82, 2.24) is 4.90 Å². The number of sulfone groups is 1. The Bertz CT molecular complexity index is 417. The smallest absolute Gasteiger partial charge is 0.243 e. The summed E-state index contributed by atoms with van der Waals surface area (Å²) >= 11 is 0. The predicted octanol–water partition coefficient (Wildman–Crippen LogP) is -0.582. The van der Waals surface area contributed by atoms with Gasteiger partial charge in [-0.05, 0) is 20.8 Å². The molecule has 1 rings (SSSR count). The molecule has 0 spiro atoms. The molecule has 0 aromatic carbocycles. The first-order valence-corrected chi connectivity index (χ1v) is 7.73. The second-order valence-corrected chi connectivity index (χ2v) is 7.79. The number of hydrogen-bond acceptors (Lipinski definition) is 5. The predicted molar refractivity (Wildman–Crippen MR) is 66.9 cm³/mol. The Kier molecular flexibility index (Phi) is 4.40. The van der Waals surface area contributed by atoms with Crippen LogP contribution in [0.15, 0.2) is 0 Å². The highest BCUT2D eigenvalue weighted by molar-refractivity contribution is 7.92. The van der Waals surface area contributed by atoms with Gasteiger partial charge in [0.1, 0.15) is 4.75 Å². The average molecular weight is 279 g/mol. The number of amides is 1. The van der Waals surface area contributed by atoms with Gasteiger partial charge in [0.05, 0.1) is 25.4 Å². The molecular weight excluding hydrogens is 258 g/mol. The fraction of sp³-hybridized carbons (Fsp3) is 0.909. The highest BCUT2D eigenvalue weighted by Crippen LogP contribution is 2.22. The Labute approximate surface area is 108 Å². The SMILES string of the molecule is CC1COC(CO)CN1C(=O)C(C)(C)S(C)(=O)=O. The lowest BCUT2D eigenvalue weighted by molar-refractivity contribution is -0.148. The Hall–Kier alpha value is -0.660. The van der Waals surface area contributed by atoms with Crippen LogP contribution in [0, 0.1) is 0 Å². The molecule has 1 aliphatic rings. The molecule has 1 N–H and O–H groups in total. The highest BCUT2D eigenvalue weighted by atomic mass is 32.2. The molecule has 1 amide bonds. The minimum Gasteiger partial charge on any atom is -0.394 e. The molecule has 0 saturated carbocycles. The first-order valence-electron chi connectivity index (χ1n) is 5.84. The van der Waals surface area contributed by atoms with Gasteiger partial charge in [0.2, 0.25) is 5.91 Å².